The molecule has 0 amide bonds. The summed E-state index contributed by atoms with van der Waals surface area (Å²) in [7, 11) is 0. The topological polar surface area (TPSA) is 63.2 Å². The molecule has 0 unspecified atom stereocenters. The van der Waals surface area contributed by atoms with Crippen molar-refractivity contribution in [1.29, 1.82) is 5.41 Å². The first-order chi connectivity index (χ1) is 11.2. The van der Waals surface area contributed by atoms with Gasteiger partial charge in [-0.1, -0.05) is 28.1 Å². The van der Waals surface area contributed by atoms with E-state index >= 15 is 0 Å². The third kappa shape index (κ3) is 3.33. The number of hydrogen-bond donors (Lipinski definition) is 2. The summed E-state index contributed by atoms with van der Waals surface area (Å²) in [6.45, 7) is 1.49. The van der Waals surface area contributed by atoms with Crippen LogP contribution in [-0.4, -0.2) is 27.5 Å². The van der Waals surface area contributed by atoms with Gasteiger partial charge in [0.25, 0.3) is 0 Å². The number of fused-ring (bicyclic) bond motifs is 1. The summed E-state index contributed by atoms with van der Waals surface area (Å²) in [5, 5.41) is 17.6. The second-order valence-corrected chi connectivity index (χ2v) is 6.06. The van der Waals surface area contributed by atoms with Crippen LogP contribution in [0.5, 0.6) is 5.75 Å². The van der Waals surface area contributed by atoms with Crippen molar-refractivity contribution >= 4 is 27.0 Å². The van der Waals surface area contributed by atoms with Gasteiger partial charge in [-0.2, -0.15) is 0 Å². The number of benzene rings is 2. The smallest absolute Gasteiger partial charge is 0.203 e. The molecule has 6 heteroatoms. The molecule has 1 heterocycles. The first-order valence-electron chi connectivity index (χ1n) is 7.42. The molecule has 0 aliphatic heterocycles. The van der Waals surface area contributed by atoms with E-state index in [0.717, 1.165) is 21.3 Å². The average Bonchev–Trinajstić information content (AvgIpc) is 2.83. The van der Waals surface area contributed by atoms with E-state index in [1.165, 1.54) is 0 Å². The van der Waals surface area contributed by atoms with Crippen LogP contribution >= 0.6 is 15.9 Å². The molecule has 0 bridgehead atoms. The van der Waals surface area contributed by atoms with Gasteiger partial charge in [0, 0.05) is 11.0 Å². The lowest BCUT2D eigenvalue weighted by molar-refractivity contribution is 0.272. The Hall–Kier alpha value is -2.05. The third-order valence-corrected chi connectivity index (χ3v) is 4.22. The number of aliphatic hydroxyl groups excluding tert-OH is 1. The highest BCUT2D eigenvalue weighted by molar-refractivity contribution is 9.10. The van der Waals surface area contributed by atoms with Gasteiger partial charge < -0.3 is 19.0 Å². The van der Waals surface area contributed by atoms with E-state index in [1.54, 1.807) is 0 Å². The summed E-state index contributed by atoms with van der Waals surface area (Å²) in [5.41, 5.74) is 2.31. The van der Waals surface area contributed by atoms with Crippen molar-refractivity contribution in [2.75, 3.05) is 13.2 Å². The van der Waals surface area contributed by atoms with Crippen LogP contribution in [0.15, 0.2) is 53.0 Å². The van der Waals surface area contributed by atoms with Gasteiger partial charge in [-0.05, 0) is 36.4 Å². The number of nitrogens with one attached hydrogen (secondary N) is 1. The molecule has 3 rings (SSSR count). The van der Waals surface area contributed by atoms with Crippen molar-refractivity contribution in [1.82, 2.24) is 9.13 Å². The number of aliphatic hydroxyl groups is 1. The summed E-state index contributed by atoms with van der Waals surface area (Å²) in [6.07, 6.45) is 0. The van der Waals surface area contributed by atoms with E-state index in [1.807, 2.05) is 57.7 Å². The van der Waals surface area contributed by atoms with Crippen LogP contribution in [0, 0.1) is 5.41 Å². The maximum absolute atomic E-state index is 9.22. The van der Waals surface area contributed by atoms with Gasteiger partial charge in [-0.15, -0.1) is 0 Å². The minimum absolute atomic E-state index is 0.0138. The number of imidazole rings is 1. The SMILES string of the molecule is N=c1n(CCO)c2ccccc2n1CCOc1ccc(Br)cc1. The van der Waals surface area contributed by atoms with E-state index in [-0.39, 0.29) is 6.61 Å². The number of hydrogen-bond acceptors (Lipinski definition) is 3. The van der Waals surface area contributed by atoms with Crippen molar-refractivity contribution < 1.29 is 9.84 Å². The van der Waals surface area contributed by atoms with E-state index < -0.39 is 0 Å². The number of aromatic nitrogens is 2. The zero-order chi connectivity index (χ0) is 16.2. The van der Waals surface area contributed by atoms with Gasteiger partial charge in [-0.3, -0.25) is 5.41 Å². The van der Waals surface area contributed by atoms with Crippen LogP contribution < -0.4 is 10.4 Å². The molecule has 2 aromatic carbocycles. The zero-order valence-electron chi connectivity index (χ0n) is 12.6. The summed E-state index contributed by atoms with van der Waals surface area (Å²) < 4.78 is 10.5. The standard InChI is InChI=1S/C17H18BrN3O2/c18-13-5-7-14(8-6-13)23-12-10-21-16-4-2-1-3-15(16)20(9-11-22)17(21)19/h1-8,19,22H,9-12H2. The normalized spacial score (nSPS) is 11.0. The lowest BCUT2D eigenvalue weighted by Gasteiger charge is -2.08. The van der Waals surface area contributed by atoms with Gasteiger partial charge in [0.2, 0.25) is 5.62 Å². The zero-order valence-corrected chi connectivity index (χ0v) is 14.2. The number of para-hydroxylation sites is 2. The van der Waals surface area contributed by atoms with Crippen LogP contribution in [0.1, 0.15) is 0 Å². The molecule has 5 nitrogen and oxygen atoms in total. The van der Waals surface area contributed by atoms with Crippen LogP contribution in [0.3, 0.4) is 0 Å². The minimum Gasteiger partial charge on any atom is -0.492 e. The Morgan fingerprint density at radius 1 is 0.957 bits per heavy atom. The molecule has 120 valence electrons. The first kappa shape index (κ1) is 15.8. The molecule has 0 fully saturated rings. The van der Waals surface area contributed by atoms with Gasteiger partial charge in [0.15, 0.2) is 0 Å². The quantitative estimate of drug-likeness (QED) is 0.695. The largest absolute Gasteiger partial charge is 0.492 e. The van der Waals surface area contributed by atoms with Crippen molar-refractivity contribution in [3.63, 3.8) is 0 Å². The van der Waals surface area contributed by atoms with Crippen LogP contribution in [0.25, 0.3) is 11.0 Å². The predicted molar refractivity (Wildman–Crippen MR) is 92.5 cm³/mol. The number of rotatable bonds is 6. The first-order valence-corrected chi connectivity index (χ1v) is 8.22. The minimum atomic E-state index is 0.0138. The van der Waals surface area contributed by atoms with E-state index in [9.17, 15) is 5.11 Å². The summed E-state index contributed by atoms with van der Waals surface area (Å²) in [5.74, 6) is 0.805. The molecule has 2 N–H and O–H groups in total. The Bertz CT molecular complexity index is 852. The van der Waals surface area contributed by atoms with Gasteiger partial charge in [0.05, 0.1) is 24.2 Å². The molecule has 23 heavy (non-hydrogen) atoms. The van der Waals surface area contributed by atoms with E-state index in [4.69, 9.17) is 10.1 Å². The van der Waals surface area contributed by atoms with Crippen LogP contribution in [-0.2, 0) is 13.1 Å². The molecule has 0 atom stereocenters. The highest BCUT2D eigenvalue weighted by Crippen LogP contribution is 2.16. The second kappa shape index (κ2) is 7.02. The molecule has 0 spiro atoms. The van der Waals surface area contributed by atoms with Crippen molar-refractivity contribution in [3.8, 4) is 5.75 Å². The maximum Gasteiger partial charge on any atom is 0.203 e. The fourth-order valence-electron chi connectivity index (χ4n) is 2.63. The fraction of sp³-hybridized carbons (Fsp3) is 0.235. The molecular formula is C17H18BrN3O2. The highest BCUT2D eigenvalue weighted by Gasteiger charge is 2.09. The van der Waals surface area contributed by atoms with E-state index in [0.29, 0.717) is 25.3 Å². The Morgan fingerprint density at radius 2 is 1.57 bits per heavy atom. The van der Waals surface area contributed by atoms with Crippen LogP contribution in [0.4, 0.5) is 0 Å². The van der Waals surface area contributed by atoms with Crippen molar-refractivity contribution in [3.05, 3.63) is 58.6 Å². The highest BCUT2D eigenvalue weighted by atomic mass is 79.9. The summed E-state index contributed by atoms with van der Waals surface area (Å²) in [4.78, 5) is 0. The Kier molecular flexibility index (Phi) is 4.83. The lowest BCUT2D eigenvalue weighted by Crippen LogP contribution is -2.27. The molecular weight excluding hydrogens is 358 g/mol. The molecule has 1 aromatic heterocycles. The van der Waals surface area contributed by atoms with Gasteiger partial charge in [0.1, 0.15) is 12.4 Å². The number of halogens is 1. The molecule has 0 aliphatic rings. The third-order valence-electron chi connectivity index (χ3n) is 3.70. The maximum atomic E-state index is 9.22. The Balaban J connectivity index is 1.81. The average molecular weight is 376 g/mol. The number of nitrogens with zero attached hydrogens (tertiary/aromatic N) is 2. The molecule has 0 saturated heterocycles. The van der Waals surface area contributed by atoms with Crippen molar-refractivity contribution in [2.45, 2.75) is 13.1 Å². The molecule has 0 radical (unpaired) electrons. The lowest BCUT2D eigenvalue weighted by atomic mass is 10.3. The molecule has 3 aromatic rings. The molecule has 0 aliphatic carbocycles. The van der Waals surface area contributed by atoms with Crippen molar-refractivity contribution in [2.24, 2.45) is 0 Å². The monoisotopic (exact) mass is 375 g/mol. The Labute approximate surface area is 142 Å². The number of ether oxygens (including phenoxy) is 1. The predicted octanol–water partition coefficient (Wildman–Crippen LogP) is 2.76. The summed E-state index contributed by atoms with van der Waals surface area (Å²) >= 11 is 3.40. The second-order valence-electron chi connectivity index (χ2n) is 5.14. The Morgan fingerprint density at radius 3 is 2.17 bits per heavy atom. The summed E-state index contributed by atoms with van der Waals surface area (Å²) in [6, 6.07) is 15.5. The fourth-order valence-corrected chi connectivity index (χ4v) is 2.90. The van der Waals surface area contributed by atoms with Gasteiger partial charge in [-0.25, -0.2) is 0 Å². The van der Waals surface area contributed by atoms with Gasteiger partial charge >= 0.3 is 0 Å². The molecule has 0 saturated carbocycles. The van der Waals surface area contributed by atoms with Crippen LogP contribution in [0.2, 0.25) is 0 Å². The van der Waals surface area contributed by atoms with E-state index in [2.05, 4.69) is 15.9 Å².